The van der Waals surface area contributed by atoms with Crippen molar-refractivity contribution in [1.82, 2.24) is 15.6 Å². The average Bonchev–Trinajstić information content (AvgIpc) is 2.63. The Morgan fingerprint density at radius 2 is 2.05 bits per heavy atom. The lowest BCUT2D eigenvalue weighted by Gasteiger charge is -2.27. The molecule has 0 fully saturated rings. The summed E-state index contributed by atoms with van der Waals surface area (Å²) in [5.74, 6) is 1.28. The molecule has 19 heavy (non-hydrogen) atoms. The van der Waals surface area contributed by atoms with Crippen molar-refractivity contribution in [1.29, 1.82) is 0 Å². The highest BCUT2D eigenvalue weighted by molar-refractivity contribution is 5.73. The van der Waals surface area contributed by atoms with Crippen LogP contribution in [0, 0.1) is 19.8 Å². The van der Waals surface area contributed by atoms with E-state index in [1.54, 1.807) is 6.92 Å². The molecule has 0 saturated carbocycles. The standard InChI is InChI=1S/C13H23N3O3/c1-8(2)13(5,18)7-15-12(17)14-6-11-16-9(3)10(4)19-11/h8,18H,6-7H2,1-5H3,(H2,14,15,17). The highest BCUT2D eigenvalue weighted by Gasteiger charge is 2.25. The van der Waals surface area contributed by atoms with Crippen molar-refractivity contribution in [3.63, 3.8) is 0 Å². The minimum atomic E-state index is -0.923. The van der Waals surface area contributed by atoms with E-state index in [9.17, 15) is 9.90 Å². The molecule has 1 heterocycles. The Kier molecular flexibility index (Phi) is 4.94. The van der Waals surface area contributed by atoms with E-state index in [4.69, 9.17) is 4.42 Å². The molecule has 1 aromatic rings. The summed E-state index contributed by atoms with van der Waals surface area (Å²) in [7, 11) is 0. The molecular weight excluding hydrogens is 246 g/mol. The number of carbonyl (C=O) groups excluding carboxylic acids is 1. The van der Waals surface area contributed by atoms with Crippen molar-refractivity contribution in [3.05, 3.63) is 17.3 Å². The van der Waals surface area contributed by atoms with E-state index >= 15 is 0 Å². The number of nitrogens with zero attached hydrogens (tertiary/aromatic N) is 1. The van der Waals surface area contributed by atoms with Crippen LogP contribution in [0.1, 0.15) is 38.1 Å². The number of aromatic nitrogens is 1. The van der Waals surface area contributed by atoms with Gasteiger partial charge < -0.3 is 20.2 Å². The molecule has 6 heteroatoms. The van der Waals surface area contributed by atoms with Gasteiger partial charge in [0.1, 0.15) is 5.76 Å². The normalized spacial score (nSPS) is 14.3. The van der Waals surface area contributed by atoms with Gasteiger partial charge in [-0.05, 0) is 26.7 Å². The Morgan fingerprint density at radius 1 is 1.42 bits per heavy atom. The lowest BCUT2D eigenvalue weighted by molar-refractivity contribution is 0.0166. The summed E-state index contributed by atoms with van der Waals surface area (Å²) < 4.78 is 5.35. The van der Waals surface area contributed by atoms with Crippen LogP contribution in [-0.2, 0) is 6.54 Å². The zero-order valence-corrected chi connectivity index (χ0v) is 12.2. The molecule has 0 spiro atoms. The Balaban J connectivity index is 2.36. The molecule has 0 aliphatic carbocycles. The average molecular weight is 269 g/mol. The third kappa shape index (κ3) is 4.55. The second-order valence-corrected chi connectivity index (χ2v) is 5.30. The lowest BCUT2D eigenvalue weighted by atomic mass is 9.93. The van der Waals surface area contributed by atoms with Gasteiger partial charge in [0.15, 0.2) is 0 Å². The number of oxazole rings is 1. The van der Waals surface area contributed by atoms with E-state index in [1.807, 2.05) is 27.7 Å². The summed E-state index contributed by atoms with van der Waals surface area (Å²) in [5, 5.41) is 15.3. The minimum Gasteiger partial charge on any atom is -0.444 e. The van der Waals surface area contributed by atoms with E-state index in [2.05, 4.69) is 15.6 Å². The van der Waals surface area contributed by atoms with Crippen LogP contribution < -0.4 is 10.6 Å². The van der Waals surface area contributed by atoms with Gasteiger partial charge in [0.05, 0.1) is 17.8 Å². The van der Waals surface area contributed by atoms with Gasteiger partial charge in [-0.2, -0.15) is 0 Å². The highest BCUT2D eigenvalue weighted by Crippen LogP contribution is 2.14. The predicted octanol–water partition coefficient (Wildman–Crippen LogP) is 1.50. The molecule has 1 aromatic heterocycles. The van der Waals surface area contributed by atoms with Gasteiger partial charge in [0.2, 0.25) is 5.89 Å². The number of nitrogens with one attached hydrogen (secondary N) is 2. The molecular formula is C13H23N3O3. The fraction of sp³-hybridized carbons (Fsp3) is 0.692. The first-order valence-corrected chi connectivity index (χ1v) is 6.39. The maximum atomic E-state index is 11.6. The van der Waals surface area contributed by atoms with Crippen LogP contribution in [-0.4, -0.2) is 28.3 Å². The molecule has 1 unspecified atom stereocenters. The lowest BCUT2D eigenvalue weighted by Crippen LogP contribution is -2.47. The van der Waals surface area contributed by atoms with E-state index in [0.29, 0.717) is 5.89 Å². The molecule has 2 amide bonds. The van der Waals surface area contributed by atoms with Crippen LogP contribution in [0.2, 0.25) is 0 Å². The molecule has 0 aliphatic rings. The first-order chi connectivity index (χ1) is 8.72. The Morgan fingerprint density at radius 3 is 2.53 bits per heavy atom. The van der Waals surface area contributed by atoms with E-state index < -0.39 is 5.60 Å². The SMILES string of the molecule is Cc1nc(CNC(=O)NCC(C)(O)C(C)C)oc1C. The summed E-state index contributed by atoms with van der Waals surface area (Å²) in [6.45, 7) is 9.59. The summed E-state index contributed by atoms with van der Waals surface area (Å²) in [4.78, 5) is 15.7. The first-order valence-electron chi connectivity index (χ1n) is 6.39. The van der Waals surface area contributed by atoms with Gasteiger partial charge in [-0.3, -0.25) is 0 Å². The number of amides is 2. The zero-order valence-electron chi connectivity index (χ0n) is 12.2. The van der Waals surface area contributed by atoms with Crippen LogP contribution in [0.25, 0.3) is 0 Å². The molecule has 0 bridgehead atoms. The Labute approximate surface area is 113 Å². The van der Waals surface area contributed by atoms with Crippen molar-refractivity contribution < 1.29 is 14.3 Å². The summed E-state index contributed by atoms with van der Waals surface area (Å²) in [6, 6.07) is -0.352. The number of urea groups is 1. The highest BCUT2D eigenvalue weighted by atomic mass is 16.4. The fourth-order valence-corrected chi connectivity index (χ4v) is 1.30. The largest absolute Gasteiger partial charge is 0.444 e. The Bertz CT molecular complexity index is 419. The van der Waals surface area contributed by atoms with Gasteiger partial charge in [-0.15, -0.1) is 0 Å². The van der Waals surface area contributed by atoms with Crippen molar-refractivity contribution in [2.75, 3.05) is 6.54 Å². The molecule has 1 atom stereocenters. The number of rotatable bonds is 5. The smallest absolute Gasteiger partial charge is 0.315 e. The Hall–Kier alpha value is -1.56. The topological polar surface area (TPSA) is 87.4 Å². The summed E-state index contributed by atoms with van der Waals surface area (Å²) in [6.07, 6.45) is 0. The molecule has 0 radical (unpaired) electrons. The van der Waals surface area contributed by atoms with Crippen molar-refractivity contribution >= 4 is 6.03 Å². The first kappa shape index (κ1) is 15.5. The predicted molar refractivity (Wildman–Crippen MR) is 71.7 cm³/mol. The van der Waals surface area contributed by atoms with E-state index in [0.717, 1.165) is 11.5 Å². The summed E-state index contributed by atoms with van der Waals surface area (Å²) in [5.41, 5.74) is -0.104. The van der Waals surface area contributed by atoms with E-state index in [-0.39, 0.29) is 25.0 Å². The maximum Gasteiger partial charge on any atom is 0.315 e. The third-order valence-electron chi connectivity index (χ3n) is 3.32. The molecule has 0 aliphatic heterocycles. The monoisotopic (exact) mass is 269 g/mol. The number of aliphatic hydroxyl groups is 1. The number of hydrogen-bond donors (Lipinski definition) is 3. The maximum absolute atomic E-state index is 11.6. The number of aryl methyl sites for hydroxylation is 2. The summed E-state index contributed by atoms with van der Waals surface area (Å²) >= 11 is 0. The van der Waals surface area contributed by atoms with Crippen molar-refractivity contribution in [2.45, 2.75) is 46.8 Å². The van der Waals surface area contributed by atoms with Crippen LogP contribution in [0.3, 0.4) is 0 Å². The van der Waals surface area contributed by atoms with Crippen LogP contribution in [0.4, 0.5) is 4.79 Å². The number of hydrogen-bond acceptors (Lipinski definition) is 4. The second-order valence-electron chi connectivity index (χ2n) is 5.30. The minimum absolute atomic E-state index is 0.0600. The van der Waals surface area contributed by atoms with Gasteiger partial charge in [0.25, 0.3) is 0 Å². The van der Waals surface area contributed by atoms with Crippen LogP contribution in [0.15, 0.2) is 4.42 Å². The quantitative estimate of drug-likeness (QED) is 0.756. The molecule has 0 saturated heterocycles. The van der Waals surface area contributed by atoms with Gasteiger partial charge in [-0.1, -0.05) is 13.8 Å². The van der Waals surface area contributed by atoms with Gasteiger partial charge >= 0.3 is 6.03 Å². The van der Waals surface area contributed by atoms with Crippen molar-refractivity contribution in [3.8, 4) is 0 Å². The zero-order chi connectivity index (χ0) is 14.6. The second kappa shape index (κ2) is 6.06. The van der Waals surface area contributed by atoms with Crippen LogP contribution in [0.5, 0.6) is 0 Å². The fourth-order valence-electron chi connectivity index (χ4n) is 1.30. The van der Waals surface area contributed by atoms with Gasteiger partial charge in [0, 0.05) is 6.54 Å². The molecule has 1 rings (SSSR count). The van der Waals surface area contributed by atoms with E-state index in [1.165, 1.54) is 0 Å². The van der Waals surface area contributed by atoms with Crippen molar-refractivity contribution in [2.24, 2.45) is 5.92 Å². The molecule has 3 N–H and O–H groups in total. The van der Waals surface area contributed by atoms with Crippen LogP contribution >= 0.6 is 0 Å². The molecule has 0 aromatic carbocycles. The number of carbonyl (C=O) groups is 1. The third-order valence-corrected chi connectivity index (χ3v) is 3.32. The molecule has 6 nitrogen and oxygen atoms in total. The molecule has 108 valence electrons. The van der Waals surface area contributed by atoms with Gasteiger partial charge in [-0.25, -0.2) is 9.78 Å².